The molecular formula is C18H15FN4O2. The van der Waals surface area contributed by atoms with Crippen molar-refractivity contribution in [3.05, 3.63) is 53.8 Å². The van der Waals surface area contributed by atoms with Gasteiger partial charge in [0.1, 0.15) is 11.8 Å². The van der Waals surface area contributed by atoms with E-state index in [0.717, 1.165) is 6.07 Å². The number of anilines is 1. The largest absolute Gasteiger partial charge is 0.453 e. The number of carbonyl (C=O) groups is 1. The van der Waals surface area contributed by atoms with E-state index in [1.165, 1.54) is 12.1 Å². The molecule has 0 heterocycles. The monoisotopic (exact) mass is 338 g/mol. The zero-order chi connectivity index (χ0) is 18.2. The number of nitrogens with one attached hydrogen (secondary N) is 2. The van der Waals surface area contributed by atoms with Crippen molar-refractivity contribution in [2.24, 2.45) is 5.92 Å². The molecule has 0 unspecified atom stereocenters. The summed E-state index contributed by atoms with van der Waals surface area (Å²) in [6.07, 6.45) is 0. The summed E-state index contributed by atoms with van der Waals surface area (Å²) in [4.78, 5) is 11.7. The highest BCUT2D eigenvalue weighted by atomic mass is 19.1. The normalized spacial score (nSPS) is 10.9. The van der Waals surface area contributed by atoms with Crippen molar-refractivity contribution in [2.45, 2.75) is 6.92 Å². The number of ether oxygens (including phenoxy) is 1. The van der Waals surface area contributed by atoms with Gasteiger partial charge < -0.3 is 15.4 Å². The summed E-state index contributed by atoms with van der Waals surface area (Å²) in [7, 11) is 0. The van der Waals surface area contributed by atoms with Crippen LogP contribution in [0.4, 0.5) is 14.9 Å². The Labute approximate surface area is 144 Å². The van der Waals surface area contributed by atoms with Gasteiger partial charge in [0.25, 0.3) is 0 Å². The fourth-order valence-electron chi connectivity index (χ4n) is 1.89. The average molecular weight is 338 g/mol. The summed E-state index contributed by atoms with van der Waals surface area (Å²) in [5.74, 6) is -0.825. The number of hydrogen-bond acceptors (Lipinski definition) is 4. The number of rotatable bonds is 5. The number of nitrogens with zero attached hydrogens (tertiary/aromatic N) is 2. The predicted octanol–water partition coefficient (Wildman–Crippen LogP) is 3.77. The molecule has 0 saturated heterocycles. The van der Waals surface area contributed by atoms with Crippen LogP contribution in [0, 0.1) is 34.4 Å². The Morgan fingerprint density at radius 2 is 2.00 bits per heavy atom. The molecule has 2 N–H and O–H groups in total. The van der Waals surface area contributed by atoms with Crippen LogP contribution in [0.1, 0.15) is 12.5 Å². The molecule has 0 aliphatic heterocycles. The van der Waals surface area contributed by atoms with Crippen molar-refractivity contribution >= 4 is 11.7 Å². The van der Waals surface area contributed by atoms with Gasteiger partial charge >= 0.3 is 6.03 Å². The van der Waals surface area contributed by atoms with Crippen LogP contribution < -0.4 is 15.4 Å². The van der Waals surface area contributed by atoms with Crippen molar-refractivity contribution in [1.82, 2.24) is 5.32 Å². The van der Waals surface area contributed by atoms with Crippen LogP contribution in [0.25, 0.3) is 0 Å². The molecule has 2 aromatic rings. The maximum absolute atomic E-state index is 14.2. The molecule has 0 saturated carbocycles. The lowest BCUT2D eigenvalue weighted by Crippen LogP contribution is -2.32. The summed E-state index contributed by atoms with van der Waals surface area (Å²) >= 11 is 0. The molecule has 126 valence electrons. The smallest absolute Gasteiger partial charge is 0.319 e. The zero-order valence-corrected chi connectivity index (χ0v) is 13.4. The second kappa shape index (κ2) is 8.32. The molecule has 0 bridgehead atoms. The lowest BCUT2D eigenvalue weighted by Gasteiger charge is -2.11. The maximum Gasteiger partial charge on any atom is 0.319 e. The van der Waals surface area contributed by atoms with Crippen LogP contribution in [-0.4, -0.2) is 12.6 Å². The van der Waals surface area contributed by atoms with Gasteiger partial charge in [-0.15, -0.1) is 0 Å². The van der Waals surface area contributed by atoms with Crippen LogP contribution in [-0.2, 0) is 0 Å². The highest BCUT2D eigenvalue weighted by molar-refractivity contribution is 5.89. The Balaban J connectivity index is 2.04. The molecule has 2 rings (SSSR count). The van der Waals surface area contributed by atoms with Gasteiger partial charge in [-0.25, -0.2) is 9.18 Å². The summed E-state index contributed by atoms with van der Waals surface area (Å²) < 4.78 is 19.6. The molecule has 2 amide bonds. The van der Waals surface area contributed by atoms with Gasteiger partial charge in [0.2, 0.25) is 0 Å². The first-order valence-corrected chi connectivity index (χ1v) is 7.44. The van der Waals surface area contributed by atoms with Crippen molar-refractivity contribution in [2.75, 3.05) is 11.9 Å². The van der Waals surface area contributed by atoms with Crippen LogP contribution in [0.2, 0.25) is 0 Å². The second-order valence-corrected chi connectivity index (χ2v) is 5.22. The first kappa shape index (κ1) is 17.8. The number of carbonyl (C=O) groups excluding carboxylic acids is 1. The van der Waals surface area contributed by atoms with E-state index >= 15 is 0 Å². The number of benzene rings is 2. The number of amides is 2. The SMILES string of the molecule is C[C@@H](C#N)CNC(=O)Nc1ccc(Oc2ccccc2C#N)c(F)c1. The number of urea groups is 1. The lowest BCUT2D eigenvalue weighted by molar-refractivity contribution is 0.251. The third-order valence-electron chi connectivity index (χ3n) is 3.21. The summed E-state index contributed by atoms with van der Waals surface area (Å²) in [6.45, 7) is 1.86. The van der Waals surface area contributed by atoms with Gasteiger partial charge in [-0.2, -0.15) is 10.5 Å². The topological polar surface area (TPSA) is 97.9 Å². The minimum Gasteiger partial charge on any atom is -0.453 e. The van der Waals surface area contributed by atoms with E-state index in [4.69, 9.17) is 15.3 Å². The molecule has 0 fully saturated rings. The molecule has 6 nitrogen and oxygen atoms in total. The lowest BCUT2D eigenvalue weighted by atomic mass is 10.2. The van der Waals surface area contributed by atoms with Crippen LogP contribution in [0.3, 0.4) is 0 Å². The average Bonchev–Trinajstić information content (AvgIpc) is 2.62. The van der Waals surface area contributed by atoms with E-state index in [9.17, 15) is 9.18 Å². The molecule has 0 radical (unpaired) electrons. The highest BCUT2D eigenvalue weighted by Gasteiger charge is 2.11. The van der Waals surface area contributed by atoms with E-state index in [2.05, 4.69) is 10.6 Å². The molecule has 0 aliphatic rings. The first-order chi connectivity index (χ1) is 12.0. The van der Waals surface area contributed by atoms with E-state index < -0.39 is 11.8 Å². The quantitative estimate of drug-likeness (QED) is 0.867. The van der Waals surface area contributed by atoms with Crippen molar-refractivity contribution in [3.63, 3.8) is 0 Å². The molecule has 1 atom stereocenters. The molecular weight excluding hydrogens is 323 g/mol. The van der Waals surface area contributed by atoms with Crippen molar-refractivity contribution in [3.8, 4) is 23.6 Å². The predicted molar refractivity (Wildman–Crippen MR) is 89.4 cm³/mol. The third-order valence-corrected chi connectivity index (χ3v) is 3.21. The van der Waals surface area contributed by atoms with Gasteiger partial charge in [0.15, 0.2) is 11.6 Å². The van der Waals surface area contributed by atoms with Gasteiger partial charge in [0.05, 0.1) is 17.6 Å². The van der Waals surface area contributed by atoms with Gasteiger partial charge in [-0.1, -0.05) is 12.1 Å². The Hall–Kier alpha value is -3.58. The molecule has 0 aliphatic carbocycles. The molecule has 0 aromatic heterocycles. The molecule has 2 aromatic carbocycles. The third kappa shape index (κ3) is 4.95. The minimum absolute atomic E-state index is 0.0632. The van der Waals surface area contributed by atoms with E-state index in [1.807, 2.05) is 12.1 Å². The molecule has 0 spiro atoms. The van der Waals surface area contributed by atoms with Crippen molar-refractivity contribution in [1.29, 1.82) is 10.5 Å². The van der Waals surface area contributed by atoms with Crippen LogP contribution in [0.15, 0.2) is 42.5 Å². The van der Waals surface area contributed by atoms with Gasteiger partial charge in [-0.3, -0.25) is 0 Å². The number of para-hydroxylation sites is 1. The van der Waals surface area contributed by atoms with Gasteiger partial charge in [0, 0.05) is 18.3 Å². The number of hydrogen-bond donors (Lipinski definition) is 2. The van der Waals surface area contributed by atoms with E-state index in [1.54, 1.807) is 31.2 Å². The maximum atomic E-state index is 14.2. The number of halogens is 1. The van der Waals surface area contributed by atoms with Crippen LogP contribution >= 0.6 is 0 Å². The second-order valence-electron chi connectivity index (χ2n) is 5.22. The molecule has 7 heteroatoms. The van der Waals surface area contributed by atoms with E-state index in [-0.39, 0.29) is 35.2 Å². The Morgan fingerprint density at radius 1 is 1.24 bits per heavy atom. The highest BCUT2D eigenvalue weighted by Crippen LogP contribution is 2.28. The standard InChI is InChI=1S/C18H15FN4O2/c1-12(9-20)11-22-18(24)23-14-6-7-17(15(19)8-14)25-16-5-3-2-4-13(16)10-21/h2-8,12H,11H2,1H3,(H2,22,23,24)/t12-/m0/s1. The summed E-state index contributed by atoms with van der Waals surface area (Å²) in [6, 6.07) is 13.8. The van der Waals surface area contributed by atoms with Crippen molar-refractivity contribution < 1.29 is 13.9 Å². The number of nitriles is 2. The summed E-state index contributed by atoms with van der Waals surface area (Å²) in [5.41, 5.74) is 0.524. The fraction of sp³-hybridized carbons (Fsp3) is 0.167. The Bertz CT molecular complexity index is 855. The Morgan fingerprint density at radius 3 is 2.68 bits per heavy atom. The fourth-order valence-corrected chi connectivity index (χ4v) is 1.89. The zero-order valence-electron chi connectivity index (χ0n) is 13.4. The Kier molecular flexibility index (Phi) is 5.92. The summed E-state index contributed by atoms with van der Waals surface area (Å²) in [5, 5.41) is 22.7. The van der Waals surface area contributed by atoms with Gasteiger partial charge in [-0.05, 0) is 31.2 Å². The first-order valence-electron chi connectivity index (χ1n) is 7.44. The minimum atomic E-state index is -0.684. The molecule has 25 heavy (non-hydrogen) atoms. The van der Waals surface area contributed by atoms with E-state index in [0.29, 0.717) is 0 Å². The van der Waals surface area contributed by atoms with Crippen LogP contribution in [0.5, 0.6) is 11.5 Å².